The van der Waals surface area contributed by atoms with Gasteiger partial charge in [-0.2, -0.15) is 0 Å². The van der Waals surface area contributed by atoms with Crippen LogP contribution in [0.1, 0.15) is 43.9 Å². The second kappa shape index (κ2) is 11.2. The summed E-state index contributed by atoms with van der Waals surface area (Å²) in [5.41, 5.74) is 3.14. The van der Waals surface area contributed by atoms with Crippen molar-refractivity contribution in [2.24, 2.45) is 0 Å². The summed E-state index contributed by atoms with van der Waals surface area (Å²) >= 11 is 0. The van der Waals surface area contributed by atoms with Gasteiger partial charge in [-0.3, -0.25) is 9.10 Å². The minimum Gasteiger partial charge on any atom is -0.495 e. The number of benzene rings is 3. The van der Waals surface area contributed by atoms with Crippen LogP contribution >= 0.6 is 0 Å². The molecule has 3 aromatic carbocycles. The van der Waals surface area contributed by atoms with Crippen molar-refractivity contribution in [2.45, 2.75) is 57.4 Å². The summed E-state index contributed by atoms with van der Waals surface area (Å²) in [6.07, 6.45) is 0.696. The van der Waals surface area contributed by atoms with Gasteiger partial charge < -0.3 is 10.1 Å². The number of nitrogens with one attached hydrogen (secondary N) is 1. The molecular formula is C29H36N2O4S. The summed E-state index contributed by atoms with van der Waals surface area (Å²) in [6, 6.07) is 21.8. The maximum atomic E-state index is 13.7. The molecule has 0 aliphatic heterocycles. The van der Waals surface area contributed by atoms with Gasteiger partial charge in [0.25, 0.3) is 10.0 Å². The zero-order valence-corrected chi connectivity index (χ0v) is 22.7. The largest absolute Gasteiger partial charge is 0.495 e. The molecule has 1 atom stereocenters. The highest BCUT2D eigenvalue weighted by atomic mass is 32.2. The fourth-order valence-corrected chi connectivity index (χ4v) is 5.83. The smallest absolute Gasteiger partial charge is 0.264 e. The Morgan fingerprint density at radius 1 is 0.972 bits per heavy atom. The zero-order valence-electron chi connectivity index (χ0n) is 21.9. The Morgan fingerprint density at radius 2 is 1.58 bits per heavy atom. The summed E-state index contributed by atoms with van der Waals surface area (Å²) in [7, 11) is -2.55. The van der Waals surface area contributed by atoms with E-state index >= 15 is 0 Å². The Balaban J connectivity index is 1.88. The van der Waals surface area contributed by atoms with Gasteiger partial charge >= 0.3 is 0 Å². The number of sulfonamides is 1. The second-order valence-corrected chi connectivity index (χ2v) is 11.8. The molecule has 192 valence electrons. The molecule has 0 radical (unpaired) electrons. The van der Waals surface area contributed by atoms with E-state index in [4.69, 9.17) is 4.74 Å². The molecule has 0 saturated carbocycles. The molecule has 3 rings (SSSR count). The molecule has 0 saturated heterocycles. The van der Waals surface area contributed by atoms with E-state index in [0.29, 0.717) is 17.9 Å². The van der Waals surface area contributed by atoms with E-state index in [2.05, 4.69) is 31.3 Å². The number of nitrogens with zero attached hydrogens (tertiary/aromatic N) is 1. The molecule has 1 unspecified atom stereocenters. The van der Waals surface area contributed by atoms with E-state index in [1.165, 1.54) is 12.7 Å². The van der Waals surface area contributed by atoms with E-state index in [9.17, 15) is 13.2 Å². The Hall–Kier alpha value is -3.32. The highest BCUT2D eigenvalue weighted by Crippen LogP contribution is 2.33. The van der Waals surface area contributed by atoms with Crippen molar-refractivity contribution < 1.29 is 17.9 Å². The first-order chi connectivity index (χ1) is 16.9. The summed E-state index contributed by atoms with van der Waals surface area (Å²) in [6.45, 7) is 9.60. The predicted molar refractivity (Wildman–Crippen MR) is 145 cm³/mol. The molecular weight excluding hydrogens is 472 g/mol. The quantitative estimate of drug-likeness (QED) is 0.399. The number of aryl methyl sites for hydroxylation is 2. The van der Waals surface area contributed by atoms with Crippen LogP contribution in [-0.4, -0.2) is 34.0 Å². The SMILES string of the molecule is COc1ccc(C)cc1N(CC(=O)NC(C)CC(C)(C)c1ccccc1)S(=O)(=O)c1ccc(C)cc1. The van der Waals surface area contributed by atoms with Crippen molar-refractivity contribution in [1.82, 2.24) is 5.32 Å². The lowest BCUT2D eigenvalue weighted by molar-refractivity contribution is -0.120. The Morgan fingerprint density at radius 3 is 2.19 bits per heavy atom. The lowest BCUT2D eigenvalue weighted by Gasteiger charge is -2.30. The summed E-state index contributed by atoms with van der Waals surface area (Å²) in [4.78, 5) is 13.3. The fourth-order valence-electron chi connectivity index (χ4n) is 4.41. The van der Waals surface area contributed by atoms with E-state index in [1.807, 2.05) is 45.0 Å². The monoisotopic (exact) mass is 508 g/mol. The molecule has 36 heavy (non-hydrogen) atoms. The number of carbonyl (C=O) groups excluding carboxylic acids is 1. The number of rotatable bonds is 10. The van der Waals surface area contributed by atoms with Crippen LogP contribution in [0, 0.1) is 13.8 Å². The van der Waals surface area contributed by atoms with Gasteiger partial charge in [0.05, 0.1) is 17.7 Å². The van der Waals surface area contributed by atoms with Crippen LogP contribution < -0.4 is 14.4 Å². The molecule has 0 bridgehead atoms. The number of hydrogen-bond donors (Lipinski definition) is 1. The van der Waals surface area contributed by atoms with Gasteiger partial charge in [0.1, 0.15) is 12.3 Å². The number of methoxy groups -OCH3 is 1. The first-order valence-electron chi connectivity index (χ1n) is 12.0. The lowest BCUT2D eigenvalue weighted by atomic mass is 9.79. The molecule has 6 nitrogen and oxygen atoms in total. The molecule has 1 amide bonds. The first-order valence-corrected chi connectivity index (χ1v) is 13.5. The summed E-state index contributed by atoms with van der Waals surface area (Å²) < 4.78 is 34.1. The van der Waals surface area contributed by atoms with Crippen molar-refractivity contribution in [1.29, 1.82) is 0 Å². The van der Waals surface area contributed by atoms with Crippen molar-refractivity contribution in [3.63, 3.8) is 0 Å². The van der Waals surface area contributed by atoms with Crippen LogP contribution in [0.4, 0.5) is 5.69 Å². The third kappa shape index (κ3) is 6.46. The van der Waals surface area contributed by atoms with Crippen LogP contribution in [-0.2, 0) is 20.2 Å². The number of hydrogen-bond acceptors (Lipinski definition) is 4. The number of anilines is 1. The van der Waals surface area contributed by atoms with E-state index in [0.717, 1.165) is 15.4 Å². The molecule has 0 heterocycles. The maximum Gasteiger partial charge on any atom is 0.264 e. The standard InChI is InChI=1S/C29H36N2O4S/c1-21-12-15-25(16-13-21)36(33,34)31(26-18-22(2)14-17-27(26)35-6)20-28(32)30-23(3)19-29(4,5)24-10-8-7-9-11-24/h7-18,23H,19-20H2,1-6H3,(H,30,32). The van der Waals surface area contributed by atoms with Gasteiger partial charge in [-0.05, 0) is 68.0 Å². The average molecular weight is 509 g/mol. The predicted octanol–water partition coefficient (Wildman–Crippen LogP) is 5.38. The van der Waals surface area contributed by atoms with Gasteiger partial charge in [-0.25, -0.2) is 8.42 Å². The first kappa shape index (κ1) is 27.3. The highest BCUT2D eigenvalue weighted by Gasteiger charge is 2.31. The molecule has 7 heteroatoms. The second-order valence-electron chi connectivity index (χ2n) is 9.92. The molecule has 0 aliphatic carbocycles. The fraction of sp³-hybridized carbons (Fsp3) is 0.345. The number of carbonyl (C=O) groups is 1. The Kier molecular flexibility index (Phi) is 8.46. The van der Waals surface area contributed by atoms with Crippen molar-refractivity contribution in [3.8, 4) is 5.75 Å². The third-order valence-electron chi connectivity index (χ3n) is 6.28. The minimum absolute atomic E-state index is 0.114. The molecule has 0 fully saturated rings. The molecule has 3 aromatic rings. The molecule has 0 aliphatic rings. The van der Waals surface area contributed by atoms with Crippen molar-refractivity contribution >= 4 is 21.6 Å². The van der Waals surface area contributed by atoms with Gasteiger partial charge in [-0.15, -0.1) is 0 Å². The number of amides is 1. The van der Waals surface area contributed by atoms with Crippen LogP contribution in [0.15, 0.2) is 77.7 Å². The lowest BCUT2D eigenvalue weighted by Crippen LogP contribution is -2.45. The topological polar surface area (TPSA) is 75.7 Å². The summed E-state index contributed by atoms with van der Waals surface area (Å²) in [5.74, 6) is -0.00652. The van der Waals surface area contributed by atoms with Crippen molar-refractivity contribution in [2.75, 3.05) is 18.0 Å². The average Bonchev–Trinajstić information content (AvgIpc) is 2.83. The third-order valence-corrected chi connectivity index (χ3v) is 8.05. The van der Waals surface area contributed by atoms with Gasteiger partial charge in [-0.1, -0.05) is 67.9 Å². The normalized spacial score (nSPS) is 12.6. The molecule has 0 aromatic heterocycles. The molecule has 1 N–H and O–H groups in total. The Bertz CT molecular complexity index is 1290. The van der Waals surface area contributed by atoms with E-state index < -0.39 is 10.0 Å². The molecule has 0 spiro atoms. The van der Waals surface area contributed by atoms with Crippen molar-refractivity contribution in [3.05, 3.63) is 89.5 Å². The maximum absolute atomic E-state index is 13.7. The number of ether oxygens (including phenoxy) is 1. The van der Waals surface area contributed by atoms with Gasteiger partial charge in [0.15, 0.2) is 0 Å². The minimum atomic E-state index is -4.04. The van der Waals surface area contributed by atoms with E-state index in [-0.39, 0.29) is 28.8 Å². The van der Waals surface area contributed by atoms with Gasteiger partial charge in [0.2, 0.25) is 5.91 Å². The van der Waals surface area contributed by atoms with Gasteiger partial charge in [0, 0.05) is 6.04 Å². The van der Waals surface area contributed by atoms with Crippen LogP contribution in [0.2, 0.25) is 0 Å². The van der Waals surface area contributed by atoms with Crippen LogP contribution in [0.25, 0.3) is 0 Å². The Labute approximate surface area is 215 Å². The van der Waals surface area contributed by atoms with Crippen LogP contribution in [0.3, 0.4) is 0 Å². The summed E-state index contributed by atoms with van der Waals surface area (Å²) in [5, 5.41) is 3.00. The highest BCUT2D eigenvalue weighted by molar-refractivity contribution is 7.92. The van der Waals surface area contributed by atoms with Crippen LogP contribution in [0.5, 0.6) is 5.75 Å². The van der Waals surface area contributed by atoms with E-state index in [1.54, 1.807) is 36.4 Å². The zero-order chi connectivity index (χ0) is 26.5.